The highest BCUT2D eigenvalue weighted by Gasteiger charge is 2.41. The van der Waals surface area contributed by atoms with E-state index in [0.717, 1.165) is 31.4 Å². The number of hydrogen-bond donors (Lipinski definition) is 1. The van der Waals surface area contributed by atoms with Gasteiger partial charge in [0.15, 0.2) is 0 Å². The molecule has 2 rings (SSSR count). The minimum atomic E-state index is -4.15. The summed E-state index contributed by atoms with van der Waals surface area (Å²) in [5.41, 5.74) is 0.909. The Hall–Kier alpha value is -1.02. The van der Waals surface area contributed by atoms with E-state index in [4.69, 9.17) is 12.2 Å². The zero-order valence-electron chi connectivity index (χ0n) is 11.3. The van der Waals surface area contributed by atoms with E-state index in [9.17, 15) is 17.6 Å². The Morgan fingerprint density at radius 3 is 2.67 bits per heavy atom. The molecule has 0 unspecified atom stereocenters. The summed E-state index contributed by atoms with van der Waals surface area (Å²) in [6, 6.07) is 1.75. The number of alkyl halides is 4. The van der Waals surface area contributed by atoms with Gasteiger partial charge in [0, 0.05) is 5.69 Å². The van der Waals surface area contributed by atoms with Crippen molar-refractivity contribution < 1.29 is 22.3 Å². The Morgan fingerprint density at radius 2 is 2.05 bits per heavy atom. The van der Waals surface area contributed by atoms with E-state index in [1.54, 1.807) is 6.07 Å². The quantitative estimate of drug-likeness (QED) is 0.629. The molecule has 0 aromatic carbocycles. The van der Waals surface area contributed by atoms with Crippen molar-refractivity contribution in [3.8, 4) is 0 Å². The molecule has 1 aliphatic carbocycles. The molecule has 1 fully saturated rings. The van der Waals surface area contributed by atoms with Gasteiger partial charge in [-0.25, -0.2) is 13.8 Å². The van der Waals surface area contributed by atoms with E-state index in [-0.39, 0.29) is 12.4 Å². The van der Waals surface area contributed by atoms with Crippen molar-refractivity contribution in [2.24, 2.45) is 0 Å². The van der Waals surface area contributed by atoms with Gasteiger partial charge < -0.3 is 9.72 Å². The molecule has 3 nitrogen and oxygen atoms in total. The predicted octanol–water partition coefficient (Wildman–Crippen LogP) is 4.21. The molecule has 0 atom stereocenters. The second kappa shape index (κ2) is 6.83. The molecule has 1 aliphatic rings. The number of nitrogens with one attached hydrogen (secondary N) is 1. The average Bonchev–Trinajstić information content (AvgIpc) is 2.91. The highest BCUT2D eigenvalue weighted by Crippen LogP contribution is 2.33. The van der Waals surface area contributed by atoms with Crippen molar-refractivity contribution in [1.29, 1.82) is 0 Å². The summed E-state index contributed by atoms with van der Waals surface area (Å²) in [4.78, 5) is 6.98. The summed E-state index contributed by atoms with van der Waals surface area (Å²) in [7, 11) is 0. The highest BCUT2D eigenvalue weighted by atomic mass is 32.1. The first-order valence-electron chi connectivity index (χ1n) is 6.72. The first-order valence-corrected chi connectivity index (χ1v) is 7.13. The predicted molar refractivity (Wildman–Crippen MR) is 71.2 cm³/mol. The van der Waals surface area contributed by atoms with Gasteiger partial charge in [0.1, 0.15) is 23.7 Å². The monoisotopic (exact) mass is 324 g/mol. The normalized spacial score (nSPS) is 16.8. The molecular formula is C13H16F4N2OS. The molecule has 1 saturated carbocycles. The van der Waals surface area contributed by atoms with Gasteiger partial charge in [0.2, 0.25) is 0 Å². The van der Waals surface area contributed by atoms with Crippen LogP contribution in [0.15, 0.2) is 6.07 Å². The number of ether oxygens (including phenoxy) is 1. The van der Waals surface area contributed by atoms with Crippen molar-refractivity contribution >= 4 is 12.2 Å². The van der Waals surface area contributed by atoms with Gasteiger partial charge in [0.05, 0.1) is 0 Å². The fourth-order valence-corrected chi connectivity index (χ4v) is 2.64. The van der Waals surface area contributed by atoms with Crippen molar-refractivity contribution in [2.75, 3.05) is 6.61 Å². The first-order chi connectivity index (χ1) is 9.88. The van der Waals surface area contributed by atoms with Crippen LogP contribution in [0.25, 0.3) is 0 Å². The standard InChI is InChI=1S/C13H16F4N2OS/c14-12(15)13(16,17)7-20-6-10-18-9(5-11(21)19-10)8-3-1-2-4-8/h5,8,12H,1-4,6-7H2,(H,18,19,21). The van der Waals surface area contributed by atoms with Crippen molar-refractivity contribution in [3.63, 3.8) is 0 Å². The third-order valence-electron chi connectivity index (χ3n) is 3.46. The fraction of sp³-hybridized carbons (Fsp3) is 0.692. The summed E-state index contributed by atoms with van der Waals surface area (Å²) in [5.74, 6) is -3.51. The van der Waals surface area contributed by atoms with Crippen LogP contribution in [0.3, 0.4) is 0 Å². The lowest BCUT2D eigenvalue weighted by atomic mass is 10.0. The number of nitrogens with zero attached hydrogens (tertiary/aromatic N) is 1. The van der Waals surface area contributed by atoms with E-state index >= 15 is 0 Å². The van der Waals surface area contributed by atoms with Crippen LogP contribution >= 0.6 is 12.2 Å². The van der Waals surface area contributed by atoms with Crippen LogP contribution in [0.4, 0.5) is 17.6 Å². The van der Waals surface area contributed by atoms with Crippen LogP contribution in [0.1, 0.15) is 43.1 Å². The maximum atomic E-state index is 12.7. The maximum Gasteiger partial charge on any atom is 0.330 e. The Balaban J connectivity index is 1.98. The second-order valence-corrected chi connectivity index (χ2v) is 5.58. The van der Waals surface area contributed by atoms with Crippen LogP contribution in [0.2, 0.25) is 0 Å². The van der Waals surface area contributed by atoms with Gasteiger partial charge in [-0.1, -0.05) is 25.1 Å². The minimum Gasteiger partial charge on any atom is -0.367 e. The number of hydrogen-bond acceptors (Lipinski definition) is 3. The lowest BCUT2D eigenvalue weighted by Crippen LogP contribution is -2.32. The van der Waals surface area contributed by atoms with Gasteiger partial charge >= 0.3 is 12.3 Å². The Labute approximate surface area is 124 Å². The Morgan fingerprint density at radius 1 is 1.38 bits per heavy atom. The highest BCUT2D eigenvalue weighted by molar-refractivity contribution is 7.71. The molecular weight excluding hydrogens is 308 g/mol. The summed E-state index contributed by atoms with van der Waals surface area (Å²) in [6.07, 6.45) is 0.617. The van der Waals surface area contributed by atoms with Gasteiger partial charge in [-0.2, -0.15) is 8.78 Å². The molecule has 0 saturated heterocycles. The van der Waals surface area contributed by atoms with Gasteiger partial charge in [-0.05, 0) is 24.8 Å². The lowest BCUT2D eigenvalue weighted by molar-refractivity contribution is -0.168. The van der Waals surface area contributed by atoms with Crippen LogP contribution in [0.5, 0.6) is 0 Å². The number of rotatable bonds is 6. The fourth-order valence-electron chi connectivity index (χ4n) is 2.40. The molecule has 0 radical (unpaired) electrons. The molecule has 1 N–H and O–H groups in total. The maximum absolute atomic E-state index is 12.7. The smallest absolute Gasteiger partial charge is 0.330 e. The number of halogens is 4. The van der Waals surface area contributed by atoms with Crippen molar-refractivity contribution in [1.82, 2.24) is 9.97 Å². The molecule has 0 bridgehead atoms. The number of aromatic nitrogens is 2. The van der Waals surface area contributed by atoms with Crippen LogP contribution in [-0.4, -0.2) is 28.9 Å². The largest absolute Gasteiger partial charge is 0.367 e. The molecule has 21 heavy (non-hydrogen) atoms. The van der Waals surface area contributed by atoms with E-state index in [1.807, 2.05) is 0 Å². The zero-order chi connectivity index (χ0) is 15.5. The molecule has 0 spiro atoms. The van der Waals surface area contributed by atoms with Crippen molar-refractivity contribution in [3.05, 3.63) is 22.2 Å². The third-order valence-corrected chi connectivity index (χ3v) is 3.67. The van der Waals surface area contributed by atoms with E-state index in [0.29, 0.717) is 10.6 Å². The average molecular weight is 324 g/mol. The molecule has 118 valence electrons. The van der Waals surface area contributed by atoms with Crippen LogP contribution in [-0.2, 0) is 11.3 Å². The summed E-state index contributed by atoms with van der Waals surface area (Å²) in [6.45, 7) is -1.65. The lowest BCUT2D eigenvalue weighted by Gasteiger charge is -2.15. The zero-order valence-corrected chi connectivity index (χ0v) is 12.1. The van der Waals surface area contributed by atoms with E-state index in [1.165, 1.54) is 0 Å². The molecule has 8 heteroatoms. The summed E-state index contributed by atoms with van der Waals surface area (Å²) >= 11 is 5.03. The molecule has 0 amide bonds. The van der Waals surface area contributed by atoms with Gasteiger partial charge in [-0.15, -0.1) is 0 Å². The van der Waals surface area contributed by atoms with E-state index < -0.39 is 19.0 Å². The number of H-pyrrole nitrogens is 1. The van der Waals surface area contributed by atoms with Crippen LogP contribution < -0.4 is 0 Å². The summed E-state index contributed by atoms with van der Waals surface area (Å²) in [5, 5.41) is 0. The second-order valence-electron chi connectivity index (χ2n) is 5.16. The van der Waals surface area contributed by atoms with Crippen LogP contribution in [0, 0.1) is 4.64 Å². The minimum absolute atomic E-state index is 0.287. The van der Waals surface area contributed by atoms with Crippen molar-refractivity contribution in [2.45, 2.75) is 50.6 Å². The number of aromatic amines is 1. The summed E-state index contributed by atoms with van der Waals surface area (Å²) < 4.78 is 54.4. The van der Waals surface area contributed by atoms with Gasteiger partial charge in [-0.3, -0.25) is 0 Å². The third kappa shape index (κ3) is 4.47. The SMILES string of the molecule is FC(F)C(F)(F)COCc1nc(=S)cc(C2CCCC2)[nH]1. The first kappa shape index (κ1) is 16.4. The molecule has 0 aliphatic heterocycles. The molecule has 1 aromatic rings. The van der Waals surface area contributed by atoms with E-state index in [2.05, 4.69) is 14.7 Å². The topological polar surface area (TPSA) is 37.9 Å². The Kier molecular flexibility index (Phi) is 5.32. The van der Waals surface area contributed by atoms with Gasteiger partial charge in [0.25, 0.3) is 0 Å². The Bertz CT molecular complexity index is 529. The molecule has 1 aromatic heterocycles. The molecule has 1 heterocycles.